The summed E-state index contributed by atoms with van der Waals surface area (Å²) >= 11 is 0. The molecule has 3 heteroatoms. The average Bonchev–Trinajstić information content (AvgIpc) is 2.67. The van der Waals surface area contributed by atoms with Crippen LogP contribution in [0.5, 0.6) is 0 Å². The maximum atomic E-state index is 12.0. The quantitative estimate of drug-likeness (QED) is 0.757. The molecule has 0 heterocycles. The molecule has 1 rings (SSSR count). The van der Waals surface area contributed by atoms with Crippen LogP contribution in [0.25, 0.3) is 0 Å². The molecule has 1 amide bonds. The van der Waals surface area contributed by atoms with Crippen molar-refractivity contribution in [3.8, 4) is 0 Å². The van der Waals surface area contributed by atoms with Gasteiger partial charge in [-0.25, -0.2) is 0 Å². The van der Waals surface area contributed by atoms with Crippen molar-refractivity contribution >= 4 is 5.91 Å². The predicted molar refractivity (Wildman–Crippen MR) is 76.5 cm³/mol. The molecule has 0 atom stereocenters. The first-order chi connectivity index (χ1) is 8.47. The molecule has 0 radical (unpaired) electrons. The lowest BCUT2D eigenvalue weighted by atomic mass is 10.1. The molecule has 1 fully saturated rings. The molecule has 0 aromatic rings. The number of carbonyl (C=O) groups excluding carboxylic acids is 1. The third-order valence-corrected chi connectivity index (χ3v) is 3.33. The third kappa shape index (κ3) is 6.39. The van der Waals surface area contributed by atoms with Crippen molar-refractivity contribution in [2.24, 2.45) is 11.8 Å². The lowest BCUT2D eigenvalue weighted by molar-refractivity contribution is -0.123. The van der Waals surface area contributed by atoms with Crippen LogP contribution in [0.2, 0.25) is 0 Å². The predicted octanol–water partition coefficient (Wildman–Crippen LogP) is 2.66. The van der Waals surface area contributed by atoms with Gasteiger partial charge in [-0.1, -0.05) is 40.5 Å². The Labute approximate surface area is 112 Å². The van der Waals surface area contributed by atoms with Crippen LogP contribution >= 0.6 is 0 Å². The SMILES string of the molecule is CC(C)CN(CC(=O)NC1CCCC1)CC(C)C. The molecule has 0 unspecified atom stereocenters. The van der Waals surface area contributed by atoms with Crippen LogP contribution in [-0.4, -0.2) is 36.5 Å². The zero-order valence-corrected chi connectivity index (χ0v) is 12.5. The second kappa shape index (κ2) is 7.78. The second-order valence-electron chi connectivity index (χ2n) is 6.53. The fraction of sp³-hybridized carbons (Fsp3) is 0.933. The molecule has 0 aliphatic heterocycles. The fourth-order valence-corrected chi connectivity index (χ4v) is 2.78. The van der Waals surface area contributed by atoms with Crippen molar-refractivity contribution in [3.63, 3.8) is 0 Å². The summed E-state index contributed by atoms with van der Waals surface area (Å²) in [4.78, 5) is 14.3. The van der Waals surface area contributed by atoms with E-state index in [1.54, 1.807) is 0 Å². The summed E-state index contributed by atoms with van der Waals surface area (Å²) < 4.78 is 0. The lowest BCUT2D eigenvalue weighted by Gasteiger charge is -2.26. The number of nitrogens with one attached hydrogen (secondary N) is 1. The van der Waals surface area contributed by atoms with Crippen molar-refractivity contribution in [2.45, 2.75) is 59.4 Å². The molecular weight excluding hydrogens is 224 g/mol. The number of hydrogen-bond acceptors (Lipinski definition) is 2. The Balaban J connectivity index is 2.35. The Morgan fingerprint density at radius 3 is 2.06 bits per heavy atom. The molecule has 0 aromatic carbocycles. The Morgan fingerprint density at radius 2 is 1.61 bits per heavy atom. The minimum atomic E-state index is 0.211. The number of amides is 1. The highest BCUT2D eigenvalue weighted by Gasteiger charge is 2.19. The van der Waals surface area contributed by atoms with Crippen LogP contribution in [0, 0.1) is 11.8 Å². The molecule has 0 bridgehead atoms. The van der Waals surface area contributed by atoms with E-state index in [0.29, 0.717) is 24.4 Å². The number of nitrogens with zero attached hydrogens (tertiary/aromatic N) is 1. The monoisotopic (exact) mass is 254 g/mol. The van der Waals surface area contributed by atoms with Gasteiger partial charge in [0.25, 0.3) is 0 Å². The van der Waals surface area contributed by atoms with E-state index in [9.17, 15) is 4.79 Å². The molecular formula is C15H30N2O. The van der Waals surface area contributed by atoms with Gasteiger partial charge in [0.2, 0.25) is 5.91 Å². The molecule has 1 aliphatic carbocycles. The summed E-state index contributed by atoms with van der Waals surface area (Å²) in [5.41, 5.74) is 0. The topological polar surface area (TPSA) is 32.3 Å². The van der Waals surface area contributed by atoms with Gasteiger partial charge in [-0.2, -0.15) is 0 Å². The Bertz CT molecular complexity index is 235. The van der Waals surface area contributed by atoms with Gasteiger partial charge in [0.15, 0.2) is 0 Å². The van der Waals surface area contributed by atoms with Crippen molar-refractivity contribution in [1.82, 2.24) is 10.2 Å². The summed E-state index contributed by atoms with van der Waals surface area (Å²) in [6, 6.07) is 0.442. The number of rotatable bonds is 7. The third-order valence-electron chi connectivity index (χ3n) is 3.33. The first-order valence-corrected chi connectivity index (χ1v) is 7.49. The molecule has 1 N–H and O–H groups in total. The van der Waals surface area contributed by atoms with E-state index in [1.807, 2.05) is 0 Å². The van der Waals surface area contributed by atoms with Gasteiger partial charge < -0.3 is 5.32 Å². The summed E-state index contributed by atoms with van der Waals surface area (Å²) in [7, 11) is 0. The summed E-state index contributed by atoms with van der Waals surface area (Å²) in [6.07, 6.45) is 4.87. The van der Waals surface area contributed by atoms with E-state index in [2.05, 4.69) is 37.9 Å². The molecule has 18 heavy (non-hydrogen) atoms. The summed E-state index contributed by atoms with van der Waals surface area (Å²) in [6.45, 7) is 11.4. The number of hydrogen-bond donors (Lipinski definition) is 1. The minimum Gasteiger partial charge on any atom is -0.352 e. The zero-order valence-electron chi connectivity index (χ0n) is 12.5. The standard InChI is InChI=1S/C15H30N2O/c1-12(2)9-17(10-13(3)4)11-15(18)16-14-7-5-6-8-14/h12-14H,5-11H2,1-4H3,(H,16,18). The van der Waals surface area contributed by atoms with E-state index in [-0.39, 0.29) is 5.91 Å². The van der Waals surface area contributed by atoms with Crippen molar-refractivity contribution in [2.75, 3.05) is 19.6 Å². The highest BCUT2D eigenvalue weighted by atomic mass is 16.2. The average molecular weight is 254 g/mol. The van der Waals surface area contributed by atoms with Gasteiger partial charge in [-0.05, 0) is 24.7 Å². The molecule has 1 saturated carbocycles. The molecule has 0 aromatic heterocycles. The molecule has 3 nitrogen and oxygen atoms in total. The van der Waals surface area contributed by atoms with Gasteiger partial charge in [-0.15, -0.1) is 0 Å². The summed E-state index contributed by atoms with van der Waals surface area (Å²) in [5, 5.41) is 3.18. The number of carbonyl (C=O) groups is 1. The van der Waals surface area contributed by atoms with Gasteiger partial charge in [-0.3, -0.25) is 9.69 Å². The largest absolute Gasteiger partial charge is 0.352 e. The first-order valence-electron chi connectivity index (χ1n) is 7.49. The smallest absolute Gasteiger partial charge is 0.234 e. The molecule has 0 spiro atoms. The minimum absolute atomic E-state index is 0.211. The van der Waals surface area contributed by atoms with Gasteiger partial charge in [0, 0.05) is 19.1 Å². The lowest BCUT2D eigenvalue weighted by Crippen LogP contribution is -2.43. The Hall–Kier alpha value is -0.570. The van der Waals surface area contributed by atoms with Crippen LogP contribution in [0.1, 0.15) is 53.4 Å². The van der Waals surface area contributed by atoms with Gasteiger partial charge in [0.1, 0.15) is 0 Å². The van der Waals surface area contributed by atoms with Crippen LogP contribution in [0.3, 0.4) is 0 Å². The maximum Gasteiger partial charge on any atom is 0.234 e. The van der Waals surface area contributed by atoms with E-state index in [0.717, 1.165) is 13.1 Å². The van der Waals surface area contributed by atoms with E-state index in [4.69, 9.17) is 0 Å². The van der Waals surface area contributed by atoms with Gasteiger partial charge >= 0.3 is 0 Å². The fourth-order valence-electron chi connectivity index (χ4n) is 2.78. The van der Waals surface area contributed by atoms with Crippen LogP contribution < -0.4 is 5.32 Å². The molecule has 0 saturated heterocycles. The van der Waals surface area contributed by atoms with E-state index < -0.39 is 0 Å². The van der Waals surface area contributed by atoms with E-state index in [1.165, 1.54) is 25.7 Å². The zero-order chi connectivity index (χ0) is 13.5. The molecule has 1 aliphatic rings. The Morgan fingerprint density at radius 1 is 1.11 bits per heavy atom. The van der Waals surface area contributed by atoms with Crippen molar-refractivity contribution in [3.05, 3.63) is 0 Å². The van der Waals surface area contributed by atoms with Crippen LogP contribution in [-0.2, 0) is 4.79 Å². The van der Waals surface area contributed by atoms with Crippen LogP contribution in [0.4, 0.5) is 0 Å². The Kier molecular flexibility index (Phi) is 6.69. The van der Waals surface area contributed by atoms with Crippen molar-refractivity contribution in [1.29, 1.82) is 0 Å². The van der Waals surface area contributed by atoms with Gasteiger partial charge in [0.05, 0.1) is 6.54 Å². The molecule has 106 valence electrons. The maximum absolute atomic E-state index is 12.0. The van der Waals surface area contributed by atoms with E-state index >= 15 is 0 Å². The van der Waals surface area contributed by atoms with Crippen LogP contribution in [0.15, 0.2) is 0 Å². The highest BCUT2D eigenvalue weighted by molar-refractivity contribution is 5.78. The van der Waals surface area contributed by atoms with Crippen molar-refractivity contribution < 1.29 is 4.79 Å². The second-order valence-corrected chi connectivity index (χ2v) is 6.53. The first kappa shape index (κ1) is 15.5. The normalized spacial score (nSPS) is 17.1. The summed E-state index contributed by atoms with van der Waals surface area (Å²) in [5.74, 6) is 1.44. The highest BCUT2D eigenvalue weighted by Crippen LogP contribution is 2.17.